The number of halogens is 1. The summed E-state index contributed by atoms with van der Waals surface area (Å²) in [7, 11) is 0. The van der Waals surface area contributed by atoms with Gasteiger partial charge in [0, 0.05) is 43.7 Å². The first-order valence-electron chi connectivity index (χ1n) is 8.03. The molecule has 0 radical (unpaired) electrons. The van der Waals surface area contributed by atoms with Gasteiger partial charge in [-0.2, -0.15) is 0 Å². The number of benzene rings is 1. The summed E-state index contributed by atoms with van der Waals surface area (Å²) in [6, 6.07) is 7.16. The Balaban J connectivity index is 1.70. The number of likely N-dealkylation sites (tertiary alicyclic amines) is 2. The molecule has 1 amide bonds. The molecule has 2 heterocycles. The molecule has 0 saturated carbocycles. The second-order valence-corrected chi connectivity index (χ2v) is 7.13. The molecule has 2 aliphatic heterocycles. The topological polar surface area (TPSA) is 81.1 Å². The second-order valence-electron chi connectivity index (χ2n) is 6.70. The summed E-state index contributed by atoms with van der Waals surface area (Å²) in [6.07, 6.45) is 0.226. The average molecular weight is 353 g/mol. The Kier molecular flexibility index (Phi) is 4.80. The van der Waals surface area contributed by atoms with Gasteiger partial charge in [-0.3, -0.25) is 14.5 Å². The molecule has 0 unspecified atom stereocenters. The number of aliphatic carboxylic acids is 1. The lowest BCUT2D eigenvalue weighted by molar-refractivity contribution is -0.149. The third kappa shape index (κ3) is 3.14. The summed E-state index contributed by atoms with van der Waals surface area (Å²) in [5.74, 6) is -1.02. The van der Waals surface area contributed by atoms with Crippen LogP contribution in [0.4, 0.5) is 0 Å². The maximum Gasteiger partial charge on any atom is 0.313 e. The van der Waals surface area contributed by atoms with E-state index < -0.39 is 11.4 Å². The highest BCUT2D eigenvalue weighted by atomic mass is 35.5. The van der Waals surface area contributed by atoms with Crippen LogP contribution in [0.1, 0.15) is 5.56 Å². The minimum Gasteiger partial charge on any atom is -0.481 e. The minimum atomic E-state index is -0.917. The Bertz CT molecular complexity index is 653. The lowest BCUT2D eigenvalue weighted by atomic mass is 9.81. The van der Waals surface area contributed by atoms with Crippen molar-refractivity contribution in [1.82, 2.24) is 9.80 Å². The average Bonchev–Trinajstić information content (AvgIpc) is 3.02. The number of fused-ring (bicyclic) bond motifs is 1. The Morgan fingerprint density at radius 2 is 2.08 bits per heavy atom. The molecule has 0 spiro atoms. The van der Waals surface area contributed by atoms with E-state index >= 15 is 0 Å². The number of aliphatic hydroxyl groups excluding tert-OH is 1. The molecule has 3 rings (SSSR count). The van der Waals surface area contributed by atoms with Crippen LogP contribution in [-0.4, -0.2) is 71.2 Å². The van der Waals surface area contributed by atoms with Gasteiger partial charge in [-0.15, -0.1) is 0 Å². The van der Waals surface area contributed by atoms with E-state index in [4.69, 9.17) is 16.7 Å². The molecule has 2 fully saturated rings. The smallest absolute Gasteiger partial charge is 0.313 e. The molecule has 2 saturated heterocycles. The fourth-order valence-corrected chi connectivity index (χ4v) is 4.12. The van der Waals surface area contributed by atoms with Gasteiger partial charge < -0.3 is 15.1 Å². The lowest BCUT2D eigenvalue weighted by Crippen LogP contribution is -2.42. The fourth-order valence-electron chi connectivity index (χ4n) is 3.91. The summed E-state index contributed by atoms with van der Waals surface area (Å²) in [4.78, 5) is 28.1. The van der Waals surface area contributed by atoms with Crippen LogP contribution in [-0.2, 0) is 16.0 Å². The first-order chi connectivity index (χ1) is 11.4. The molecule has 24 heavy (non-hydrogen) atoms. The number of rotatable bonds is 5. The van der Waals surface area contributed by atoms with E-state index in [-0.39, 0.29) is 31.4 Å². The summed E-state index contributed by atoms with van der Waals surface area (Å²) in [6.45, 7) is 2.16. The number of carboxylic acids is 1. The molecular weight excluding hydrogens is 332 g/mol. The highest BCUT2D eigenvalue weighted by Gasteiger charge is 2.58. The third-order valence-corrected chi connectivity index (χ3v) is 5.35. The zero-order valence-corrected chi connectivity index (χ0v) is 14.1. The number of carbonyl (C=O) groups excluding carboxylic acids is 1. The molecule has 0 aliphatic carbocycles. The maximum absolute atomic E-state index is 12.6. The fraction of sp³-hybridized carbons (Fsp3) is 0.529. The zero-order valence-electron chi connectivity index (χ0n) is 13.3. The van der Waals surface area contributed by atoms with Gasteiger partial charge in [0.05, 0.1) is 13.0 Å². The quantitative estimate of drug-likeness (QED) is 0.816. The standard InChI is InChI=1S/C17H21ClN2O4/c18-14-3-1-2-12(6-14)7-15(22)20-9-13-8-19(4-5-21)10-17(13,11-20)16(23)24/h1-3,6,13,21H,4-5,7-11H2,(H,23,24)/t13-,17-/m1/s1. The molecular formula is C17H21ClN2O4. The van der Waals surface area contributed by atoms with Crippen molar-refractivity contribution in [2.45, 2.75) is 6.42 Å². The highest BCUT2D eigenvalue weighted by Crippen LogP contribution is 2.42. The van der Waals surface area contributed by atoms with Crippen molar-refractivity contribution < 1.29 is 19.8 Å². The van der Waals surface area contributed by atoms with Gasteiger partial charge in [-0.05, 0) is 17.7 Å². The SMILES string of the molecule is O=C(Cc1cccc(Cl)c1)N1C[C@H]2CN(CCO)C[C@@]2(C(=O)O)C1. The Labute approximate surface area is 145 Å². The van der Waals surface area contributed by atoms with Crippen LogP contribution in [0.15, 0.2) is 24.3 Å². The molecule has 6 nitrogen and oxygen atoms in total. The molecule has 0 aromatic heterocycles. The Morgan fingerprint density at radius 1 is 1.29 bits per heavy atom. The molecule has 7 heteroatoms. The van der Waals surface area contributed by atoms with Crippen molar-refractivity contribution in [1.29, 1.82) is 0 Å². The first-order valence-corrected chi connectivity index (χ1v) is 8.41. The van der Waals surface area contributed by atoms with Crippen LogP contribution in [0.5, 0.6) is 0 Å². The van der Waals surface area contributed by atoms with Crippen molar-refractivity contribution in [2.24, 2.45) is 11.3 Å². The lowest BCUT2D eigenvalue weighted by Gasteiger charge is -2.25. The van der Waals surface area contributed by atoms with Crippen molar-refractivity contribution in [3.05, 3.63) is 34.9 Å². The van der Waals surface area contributed by atoms with E-state index in [2.05, 4.69) is 0 Å². The van der Waals surface area contributed by atoms with Crippen molar-refractivity contribution in [2.75, 3.05) is 39.3 Å². The molecule has 2 atom stereocenters. The molecule has 2 N–H and O–H groups in total. The summed E-state index contributed by atoms with van der Waals surface area (Å²) >= 11 is 5.95. The third-order valence-electron chi connectivity index (χ3n) is 5.12. The van der Waals surface area contributed by atoms with E-state index in [0.29, 0.717) is 31.2 Å². The van der Waals surface area contributed by atoms with E-state index in [0.717, 1.165) is 5.56 Å². The molecule has 2 aliphatic rings. The van der Waals surface area contributed by atoms with Crippen molar-refractivity contribution in [3.63, 3.8) is 0 Å². The van der Waals surface area contributed by atoms with Gasteiger partial charge in [-0.1, -0.05) is 23.7 Å². The Morgan fingerprint density at radius 3 is 2.71 bits per heavy atom. The van der Waals surface area contributed by atoms with Crippen LogP contribution >= 0.6 is 11.6 Å². The summed E-state index contributed by atoms with van der Waals surface area (Å²) < 4.78 is 0. The van der Waals surface area contributed by atoms with Crippen LogP contribution in [0.2, 0.25) is 5.02 Å². The van der Waals surface area contributed by atoms with Crippen LogP contribution in [0, 0.1) is 11.3 Å². The van der Waals surface area contributed by atoms with Crippen LogP contribution < -0.4 is 0 Å². The van der Waals surface area contributed by atoms with E-state index in [1.54, 1.807) is 23.1 Å². The monoisotopic (exact) mass is 352 g/mol. The number of nitrogens with zero attached hydrogens (tertiary/aromatic N) is 2. The van der Waals surface area contributed by atoms with Crippen molar-refractivity contribution in [3.8, 4) is 0 Å². The predicted molar refractivity (Wildman–Crippen MR) is 88.8 cm³/mol. The van der Waals surface area contributed by atoms with Gasteiger partial charge in [0.1, 0.15) is 5.41 Å². The predicted octanol–water partition coefficient (Wildman–Crippen LogP) is 0.720. The number of carbonyl (C=O) groups is 2. The van der Waals surface area contributed by atoms with E-state index in [1.165, 1.54) is 0 Å². The maximum atomic E-state index is 12.6. The largest absolute Gasteiger partial charge is 0.481 e. The summed E-state index contributed by atoms with van der Waals surface area (Å²) in [5, 5.41) is 19.4. The summed E-state index contributed by atoms with van der Waals surface area (Å²) in [5.41, 5.74) is -0.0880. The molecule has 130 valence electrons. The van der Waals surface area contributed by atoms with Crippen LogP contribution in [0.3, 0.4) is 0 Å². The normalized spacial score (nSPS) is 26.6. The zero-order chi connectivity index (χ0) is 17.3. The van der Waals surface area contributed by atoms with Gasteiger partial charge in [0.2, 0.25) is 5.91 Å². The van der Waals surface area contributed by atoms with Crippen LogP contribution in [0.25, 0.3) is 0 Å². The van der Waals surface area contributed by atoms with Crippen molar-refractivity contribution >= 4 is 23.5 Å². The second kappa shape index (κ2) is 6.70. The molecule has 0 bridgehead atoms. The number of carboxylic acid groups (broad SMARTS) is 1. The van der Waals surface area contributed by atoms with Gasteiger partial charge in [-0.25, -0.2) is 0 Å². The number of aliphatic hydroxyl groups is 1. The number of β-amino-alcohol motifs (C(OH)–C–C–N with tert-alkyl or cyclic N) is 1. The molecule has 1 aromatic rings. The van der Waals surface area contributed by atoms with Gasteiger partial charge in [0.25, 0.3) is 0 Å². The Hall–Kier alpha value is -1.63. The van der Waals surface area contributed by atoms with Gasteiger partial charge in [0.15, 0.2) is 0 Å². The minimum absolute atomic E-state index is 0.0137. The first kappa shape index (κ1) is 17.2. The van der Waals surface area contributed by atoms with E-state index in [1.807, 2.05) is 11.0 Å². The number of amides is 1. The number of hydrogen-bond acceptors (Lipinski definition) is 4. The highest BCUT2D eigenvalue weighted by molar-refractivity contribution is 6.30. The van der Waals surface area contributed by atoms with E-state index in [9.17, 15) is 14.7 Å². The number of hydrogen-bond donors (Lipinski definition) is 2. The van der Waals surface area contributed by atoms with Gasteiger partial charge >= 0.3 is 5.97 Å². The molecule has 1 aromatic carbocycles.